The molecule has 1 heterocycles. The zero-order chi connectivity index (χ0) is 16.0. The third-order valence-electron chi connectivity index (χ3n) is 3.25. The van der Waals surface area contributed by atoms with E-state index in [1.54, 1.807) is 12.1 Å². The topological polar surface area (TPSA) is 80.5 Å². The van der Waals surface area contributed by atoms with Crippen LogP contribution in [0.3, 0.4) is 0 Å². The molecule has 2 aromatic rings. The molecule has 6 nitrogen and oxygen atoms in total. The number of imide groups is 1. The molecule has 0 aliphatic carbocycles. The number of carbonyl (C=O) groups is 2. The third kappa shape index (κ3) is 2.04. The van der Waals surface area contributed by atoms with Gasteiger partial charge >= 0.3 is 0 Å². The molecular weight excluding hydrogens is 331 g/mol. The largest absolute Gasteiger partial charge is 0.289 e. The predicted molar refractivity (Wildman–Crippen MR) is 80.7 cm³/mol. The molecule has 0 atom stereocenters. The minimum Gasteiger partial charge on any atom is -0.268 e. The van der Waals surface area contributed by atoms with Gasteiger partial charge in [0.05, 0.1) is 26.8 Å². The summed E-state index contributed by atoms with van der Waals surface area (Å²) in [6, 6.07) is 8.48. The molecule has 0 spiro atoms. The molecule has 0 radical (unpaired) electrons. The van der Waals surface area contributed by atoms with Gasteiger partial charge in [-0.15, -0.1) is 0 Å². The van der Waals surface area contributed by atoms with Gasteiger partial charge in [0, 0.05) is 6.07 Å². The number of nitro benzene ring substituents is 1. The lowest BCUT2D eigenvalue weighted by Crippen LogP contribution is -2.29. The molecular formula is C14H6Cl2N2O4. The van der Waals surface area contributed by atoms with Gasteiger partial charge in [0.25, 0.3) is 17.5 Å². The Bertz CT molecular complexity index is 816. The molecule has 0 unspecified atom stereocenters. The molecule has 1 aliphatic rings. The van der Waals surface area contributed by atoms with Crippen LogP contribution in [-0.4, -0.2) is 16.7 Å². The maximum absolute atomic E-state index is 12.4. The van der Waals surface area contributed by atoms with Crippen molar-refractivity contribution in [1.29, 1.82) is 0 Å². The van der Waals surface area contributed by atoms with E-state index in [0.717, 1.165) is 17.0 Å². The Kier molecular flexibility index (Phi) is 3.35. The molecule has 3 rings (SSSR count). The number of hydrogen-bond donors (Lipinski definition) is 0. The van der Waals surface area contributed by atoms with E-state index in [-0.39, 0.29) is 26.9 Å². The molecule has 8 heteroatoms. The Hall–Kier alpha value is -2.44. The molecule has 0 aromatic heterocycles. The van der Waals surface area contributed by atoms with E-state index in [4.69, 9.17) is 23.2 Å². The smallest absolute Gasteiger partial charge is 0.268 e. The number of anilines is 1. The first-order valence-electron chi connectivity index (χ1n) is 6.03. The van der Waals surface area contributed by atoms with Crippen LogP contribution >= 0.6 is 23.2 Å². The fraction of sp³-hybridized carbons (Fsp3) is 0. The van der Waals surface area contributed by atoms with Gasteiger partial charge in [0.15, 0.2) is 0 Å². The summed E-state index contributed by atoms with van der Waals surface area (Å²) < 4.78 is 0. The van der Waals surface area contributed by atoms with Gasteiger partial charge < -0.3 is 0 Å². The van der Waals surface area contributed by atoms with E-state index in [2.05, 4.69) is 0 Å². The predicted octanol–water partition coefficient (Wildman–Crippen LogP) is 3.70. The second kappa shape index (κ2) is 5.08. The van der Waals surface area contributed by atoms with Crippen molar-refractivity contribution in [3.63, 3.8) is 0 Å². The van der Waals surface area contributed by atoms with Crippen LogP contribution in [0, 0.1) is 10.1 Å². The van der Waals surface area contributed by atoms with Crippen molar-refractivity contribution in [1.82, 2.24) is 0 Å². The summed E-state index contributed by atoms with van der Waals surface area (Å²) >= 11 is 11.8. The highest BCUT2D eigenvalue weighted by Crippen LogP contribution is 2.39. The van der Waals surface area contributed by atoms with Crippen LogP contribution in [0.15, 0.2) is 36.4 Å². The van der Waals surface area contributed by atoms with E-state index in [1.165, 1.54) is 12.1 Å². The van der Waals surface area contributed by atoms with Gasteiger partial charge in [-0.2, -0.15) is 0 Å². The lowest BCUT2D eigenvalue weighted by Gasteiger charge is -2.15. The van der Waals surface area contributed by atoms with Crippen molar-refractivity contribution in [2.24, 2.45) is 0 Å². The van der Waals surface area contributed by atoms with Crippen molar-refractivity contribution >= 4 is 46.4 Å². The molecule has 22 heavy (non-hydrogen) atoms. The summed E-state index contributed by atoms with van der Waals surface area (Å²) in [6.07, 6.45) is 0. The average molecular weight is 337 g/mol. The number of rotatable bonds is 2. The fourth-order valence-corrected chi connectivity index (χ4v) is 2.71. The van der Waals surface area contributed by atoms with Gasteiger partial charge in [-0.25, -0.2) is 4.90 Å². The van der Waals surface area contributed by atoms with Crippen molar-refractivity contribution < 1.29 is 14.5 Å². The average Bonchev–Trinajstić information content (AvgIpc) is 2.73. The normalized spacial score (nSPS) is 13.5. The Morgan fingerprint density at radius 1 is 0.955 bits per heavy atom. The van der Waals surface area contributed by atoms with Crippen LogP contribution < -0.4 is 4.90 Å². The van der Waals surface area contributed by atoms with Crippen molar-refractivity contribution in [2.45, 2.75) is 0 Å². The molecule has 1 aliphatic heterocycles. The number of fused-ring (bicyclic) bond motifs is 1. The molecule has 0 bridgehead atoms. The lowest BCUT2D eigenvalue weighted by molar-refractivity contribution is -0.384. The Morgan fingerprint density at radius 3 is 2.00 bits per heavy atom. The Balaban J connectivity index is 2.14. The van der Waals surface area contributed by atoms with Gasteiger partial charge in [-0.3, -0.25) is 19.7 Å². The van der Waals surface area contributed by atoms with Gasteiger partial charge in [-0.1, -0.05) is 35.3 Å². The number of nitro groups is 1. The first-order valence-corrected chi connectivity index (χ1v) is 6.78. The highest BCUT2D eigenvalue weighted by Gasteiger charge is 2.38. The summed E-state index contributed by atoms with van der Waals surface area (Å²) in [5.74, 6) is -1.10. The first-order chi connectivity index (χ1) is 10.4. The van der Waals surface area contributed by atoms with E-state index in [0.29, 0.717) is 0 Å². The summed E-state index contributed by atoms with van der Waals surface area (Å²) in [6.45, 7) is 0. The molecule has 0 saturated carbocycles. The maximum Gasteiger partial charge on any atom is 0.289 e. The first kappa shape index (κ1) is 14.5. The molecule has 0 fully saturated rings. The number of nitrogens with zero attached hydrogens (tertiary/aromatic N) is 2. The van der Waals surface area contributed by atoms with Crippen LogP contribution in [0.25, 0.3) is 0 Å². The number of hydrogen-bond acceptors (Lipinski definition) is 4. The van der Waals surface area contributed by atoms with Gasteiger partial charge in [-0.05, 0) is 18.2 Å². The second-order valence-electron chi connectivity index (χ2n) is 4.50. The summed E-state index contributed by atoms with van der Waals surface area (Å²) in [5, 5.41) is 10.5. The number of amides is 2. The van der Waals surface area contributed by atoms with Crippen LogP contribution in [0.4, 0.5) is 11.4 Å². The number of benzene rings is 2. The van der Waals surface area contributed by atoms with Gasteiger partial charge in [0.2, 0.25) is 0 Å². The molecule has 2 aromatic carbocycles. The van der Waals surface area contributed by atoms with E-state index < -0.39 is 22.4 Å². The Labute approximate surface area is 134 Å². The van der Waals surface area contributed by atoms with E-state index in [1.807, 2.05) is 0 Å². The highest BCUT2D eigenvalue weighted by molar-refractivity contribution is 6.41. The van der Waals surface area contributed by atoms with Gasteiger partial charge in [0.1, 0.15) is 5.02 Å². The lowest BCUT2D eigenvalue weighted by atomic mass is 10.1. The van der Waals surface area contributed by atoms with E-state index >= 15 is 0 Å². The summed E-state index contributed by atoms with van der Waals surface area (Å²) in [4.78, 5) is 35.7. The molecule has 110 valence electrons. The zero-order valence-corrected chi connectivity index (χ0v) is 12.3. The summed E-state index contributed by atoms with van der Waals surface area (Å²) in [7, 11) is 0. The Morgan fingerprint density at radius 2 is 1.50 bits per heavy atom. The van der Waals surface area contributed by atoms with Crippen LogP contribution in [0.2, 0.25) is 10.0 Å². The monoisotopic (exact) mass is 336 g/mol. The zero-order valence-electron chi connectivity index (χ0n) is 10.7. The highest BCUT2D eigenvalue weighted by atomic mass is 35.5. The SMILES string of the molecule is O=C1c2ccccc2C(=O)N1c1cc(Cl)c([N+](=O)[O-])cc1Cl. The third-order valence-corrected chi connectivity index (χ3v) is 3.85. The minimum absolute atomic E-state index is 0.0171. The maximum atomic E-state index is 12.4. The minimum atomic E-state index is -0.694. The summed E-state index contributed by atoms with van der Waals surface area (Å²) in [5.41, 5.74) is 0.117. The molecule has 0 saturated heterocycles. The fourth-order valence-electron chi connectivity index (χ4n) is 2.25. The number of carbonyl (C=O) groups excluding carboxylic acids is 2. The van der Waals surface area contributed by atoms with Crippen LogP contribution in [0.5, 0.6) is 0 Å². The molecule has 0 N–H and O–H groups in total. The number of halogens is 2. The van der Waals surface area contributed by atoms with Crippen molar-refractivity contribution in [3.8, 4) is 0 Å². The van der Waals surface area contributed by atoms with E-state index in [9.17, 15) is 19.7 Å². The van der Waals surface area contributed by atoms with Crippen LogP contribution in [0.1, 0.15) is 20.7 Å². The standard InChI is InChI=1S/C14H6Cl2N2O4/c15-9-6-12(18(21)22)10(16)5-11(9)17-13(19)7-3-1-2-4-8(7)14(17)20/h1-6H. The van der Waals surface area contributed by atoms with Crippen molar-refractivity contribution in [3.05, 3.63) is 67.7 Å². The quantitative estimate of drug-likeness (QED) is 0.475. The van der Waals surface area contributed by atoms with Crippen LogP contribution in [-0.2, 0) is 0 Å². The second-order valence-corrected chi connectivity index (χ2v) is 5.32. The molecule has 2 amide bonds. The van der Waals surface area contributed by atoms with Crippen molar-refractivity contribution in [2.75, 3.05) is 4.90 Å².